The highest BCUT2D eigenvalue weighted by Gasteiger charge is 2.28. The van der Waals surface area contributed by atoms with Gasteiger partial charge in [0.2, 0.25) is 5.89 Å². The maximum Gasteiger partial charge on any atom is 0.276 e. The summed E-state index contributed by atoms with van der Waals surface area (Å²) < 4.78 is 16.7. The number of fused-ring (bicyclic) bond motifs is 1. The number of amides is 1. The van der Waals surface area contributed by atoms with E-state index in [1.165, 1.54) is 6.26 Å². The van der Waals surface area contributed by atoms with Gasteiger partial charge in [0.1, 0.15) is 17.5 Å². The molecule has 1 aromatic carbocycles. The van der Waals surface area contributed by atoms with Crippen LogP contribution in [0.15, 0.2) is 47.2 Å². The molecule has 140 valence electrons. The van der Waals surface area contributed by atoms with Crippen molar-refractivity contribution in [3.63, 3.8) is 0 Å². The molecule has 1 aliphatic rings. The summed E-state index contributed by atoms with van der Waals surface area (Å²) in [4.78, 5) is 23.2. The predicted octanol–water partition coefficient (Wildman–Crippen LogP) is 3.05. The molecule has 1 unspecified atom stereocenters. The Morgan fingerprint density at radius 1 is 1.33 bits per heavy atom. The van der Waals surface area contributed by atoms with Crippen LogP contribution in [0.3, 0.4) is 0 Å². The van der Waals surface area contributed by atoms with Crippen LogP contribution in [0.4, 0.5) is 0 Å². The minimum absolute atomic E-state index is 0.0735. The number of hydrogen-bond donors (Lipinski definition) is 0. The zero-order valence-corrected chi connectivity index (χ0v) is 15.1. The van der Waals surface area contributed by atoms with Crippen LogP contribution in [0.1, 0.15) is 29.7 Å². The van der Waals surface area contributed by atoms with Crippen LogP contribution in [-0.2, 0) is 11.3 Å². The number of carbonyl (C=O) groups excluding carboxylic acids is 1. The van der Waals surface area contributed by atoms with Gasteiger partial charge in [0.05, 0.1) is 19.3 Å². The Balaban J connectivity index is 1.45. The van der Waals surface area contributed by atoms with Crippen molar-refractivity contribution in [2.24, 2.45) is 0 Å². The zero-order chi connectivity index (χ0) is 18.6. The van der Waals surface area contributed by atoms with E-state index in [0.29, 0.717) is 37.1 Å². The smallest absolute Gasteiger partial charge is 0.276 e. The molecule has 0 saturated carbocycles. The summed E-state index contributed by atoms with van der Waals surface area (Å²) in [6.07, 6.45) is 3.96. The zero-order valence-electron chi connectivity index (χ0n) is 15.1. The van der Waals surface area contributed by atoms with Crippen molar-refractivity contribution in [2.45, 2.75) is 26.0 Å². The van der Waals surface area contributed by atoms with Gasteiger partial charge in [-0.2, -0.15) is 0 Å². The maximum absolute atomic E-state index is 12.7. The average molecular weight is 367 g/mol. The molecular weight excluding hydrogens is 346 g/mol. The number of aromatic nitrogens is 2. The molecule has 0 spiro atoms. The molecule has 0 bridgehead atoms. The number of benzene rings is 1. The largest absolute Gasteiger partial charge is 0.482 e. The number of para-hydroxylation sites is 1. The second-order valence-corrected chi connectivity index (χ2v) is 6.38. The summed E-state index contributed by atoms with van der Waals surface area (Å²) in [7, 11) is 0. The fourth-order valence-corrected chi connectivity index (χ4v) is 3.22. The van der Waals surface area contributed by atoms with Gasteiger partial charge in [-0.15, -0.1) is 0 Å². The third kappa shape index (κ3) is 3.64. The van der Waals surface area contributed by atoms with E-state index in [1.807, 2.05) is 37.3 Å². The monoisotopic (exact) mass is 367 g/mol. The summed E-state index contributed by atoms with van der Waals surface area (Å²) in [6, 6.07) is 9.67. The van der Waals surface area contributed by atoms with Crippen molar-refractivity contribution in [1.29, 1.82) is 0 Å². The number of rotatable bonds is 5. The lowest BCUT2D eigenvalue weighted by molar-refractivity contribution is -0.00311. The van der Waals surface area contributed by atoms with E-state index in [-0.39, 0.29) is 18.6 Å². The number of morpholine rings is 1. The second kappa shape index (κ2) is 7.75. The van der Waals surface area contributed by atoms with Gasteiger partial charge < -0.3 is 18.8 Å². The number of oxazole rings is 1. The molecule has 7 nitrogen and oxygen atoms in total. The summed E-state index contributed by atoms with van der Waals surface area (Å²) in [5, 5.41) is 0.996. The Kier molecular flexibility index (Phi) is 5.02. The van der Waals surface area contributed by atoms with Crippen molar-refractivity contribution in [3.05, 3.63) is 54.4 Å². The molecule has 0 aliphatic carbocycles. The van der Waals surface area contributed by atoms with Crippen molar-refractivity contribution in [3.8, 4) is 5.75 Å². The quantitative estimate of drug-likeness (QED) is 0.690. The first kappa shape index (κ1) is 17.5. The number of carbonyl (C=O) groups is 1. The highest BCUT2D eigenvalue weighted by Crippen LogP contribution is 2.24. The van der Waals surface area contributed by atoms with E-state index in [9.17, 15) is 4.79 Å². The van der Waals surface area contributed by atoms with Crippen molar-refractivity contribution < 1.29 is 18.7 Å². The van der Waals surface area contributed by atoms with Gasteiger partial charge in [0.25, 0.3) is 5.91 Å². The highest BCUT2D eigenvalue weighted by atomic mass is 16.5. The molecule has 1 aliphatic heterocycles. The lowest BCUT2D eigenvalue weighted by Crippen LogP contribution is -2.48. The topological polar surface area (TPSA) is 77.7 Å². The van der Waals surface area contributed by atoms with Gasteiger partial charge in [-0.1, -0.05) is 25.1 Å². The Hall–Kier alpha value is -2.93. The van der Waals surface area contributed by atoms with Crippen LogP contribution in [-0.4, -0.2) is 46.6 Å². The summed E-state index contributed by atoms with van der Waals surface area (Å²) in [5.41, 5.74) is 1.08. The standard InChI is InChI=1S/C20H21N3O4/c1-2-15-11-25-10-9-23(15)20(24)16-12-27-18(22-16)13-26-17-7-3-5-14-6-4-8-21-19(14)17/h3-8,12,15H,2,9-11,13H2,1H3. The first-order valence-electron chi connectivity index (χ1n) is 9.06. The maximum atomic E-state index is 12.7. The molecular formula is C20H21N3O4. The summed E-state index contributed by atoms with van der Waals surface area (Å²) in [5.74, 6) is 0.873. The van der Waals surface area contributed by atoms with Crippen LogP contribution < -0.4 is 4.74 Å². The second-order valence-electron chi connectivity index (χ2n) is 6.38. The Morgan fingerprint density at radius 3 is 3.11 bits per heavy atom. The first-order valence-corrected chi connectivity index (χ1v) is 9.06. The first-order chi connectivity index (χ1) is 13.3. The molecule has 1 amide bonds. The normalized spacial score (nSPS) is 17.2. The molecule has 1 fully saturated rings. The fraction of sp³-hybridized carbons (Fsp3) is 0.350. The fourth-order valence-electron chi connectivity index (χ4n) is 3.22. The van der Waals surface area contributed by atoms with Crippen LogP contribution in [0.5, 0.6) is 5.75 Å². The lowest BCUT2D eigenvalue weighted by Gasteiger charge is -2.34. The lowest BCUT2D eigenvalue weighted by atomic mass is 10.1. The molecule has 1 atom stereocenters. The van der Waals surface area contributed by atoms with Crippen LogP contribution in [0.2, 0.25) is 0 Å². The van der Waals surface area contributed by atoms with Gasteiger partial charge in [0, 0.05) is 18.1 Å². The number of hydrogen-bond acceptors (Lipinski definition) is 6. The van der Waals surface area contributed by atoms with Gasteiger partial charge in [-0.25, -0.2) is 4.98 Å². The molecule has 0 radical (unpaired) electrons. The van der Waals surface area contributed by atoms with Crippen molar-refractivity contribution >= 4 is 16.8 Å². The third-order valence-electron chi connectivity index (χ3n) is 4.68. The SMILES string of the molecule is CCC1COCCN1C(=O)c1coc(COc2cccc3cccnc23)n1. The van der Waals surface area contributed by atoms with E-state index in [1.54, 1.807) is 11.1 Å². The molecule has 27 heavy (non-hydrogen) atoms. The number of ether oxygens (including phenoxy) is 2. The van der Waals surface area contributed by atoms with Gasteiger partial charge in [-0.3, -0.25) is 9.78 Å². The number of pyridine rings is 1. The van der Waals surface area contributed by atoms with Gasteiger partial charge >= 0.3 is 0 Å². The third-order valence-corrected chi connectivity index (χ3v) is 4.68. The van der Waals surface area contributed by atoms with Gasteiger partial charge in [0.15, 0.2) is 12.3 Å². The van der Waals surface area contributed by atoms with E-state index < -0.39 is 0 Å². The minimum atomic E-state index is -0.132. The van der Waals surface area contributed by atoms with Crippen molar-refractivity contribution in [2.75, 3.05) is 19.8 Å². The van der Waals surface area contributed by atoms with Crippen LogP contribution >= 0.6 is 0 Å². The molecule has 0 N–H and O–H groups in total. The molecule has 7 heteroatoms. The van der Waals surface area contributed by atoms with E-state index in [4.69, 9.17) is 13.9 Å². The molecule has 3 aromatic rings. The molecule has 2 aromatic heterocycles. The van der Waals surface area contributed by atoms with E-state index in [2.05, 4.69) is 9.97 Å². The predicted molar refractivity (Wildman–Crippen MR) is 98.5 cm³/mol. The van der Waals surface area contributed by atoms with Gasteiger partial charge in [-0.05, 0) is 18.6 Å². The van der Waals surface area contributed by atoms with E-state index in [0.717, 1.165) is 17.3 Å². The van der Waals surface area contributed by atoms with Crippen molar-refractivity contribution in [1.82, 2.24) is 14.9 Å². The van der Waals surface area contributed by atoms with Crippen LogP contribution in [0, 0.1) is 0 Å². The Labute approximate surface area is 156 Å². The summed E-state index contributed by atoms with van der Waals surface area (Å²) >= 11 is 0. The van der Waals surface area contributed by atoms with Crippen LogP contribution in [0.25, 0.3) is 10.9 Å². The Morgan fingerprint density at radius 2 is 2.22 bits per heavy atom. The number of nitrogens with zero attached hydrogens (tertiary/aromatic N) is 3. The highest BCUT2D eigenvalue weighted by molar-refractivity contribution is 5.92. The van der Waals surface area contributed by atoms with E-state index >= 15 is 0 Å². The molecule has 4 rings (SSSR count). The Bertz CT molecular complexity index is 934. The average Bonchev–Trinajstić information content (AvgIpc) is 3.20. The summed E-state index contributed by atoms with van der Waals surface area (Å²) in [6.45, 7) is 3.84. The molecule has 3 heterocycles. The molecule has 1 saturated heterocycles. The minimum Gasteiger partial charge on any atom is -0.482 e.